The molecule has 0 bridgehead atoms. The van der Waals surface area contributed by atoms with Crippen LogP contribution < -0.4 is 5.32 Å². The number of ether oxygens (including phenoxy) is 1. The van der Waals surface area contributed by atoms with Crippen LogP contribution in [-0.2, 0) is 4.74 Å². The molecule has 2 fully saturated rings. The Balaban J connectivity index is 1.94. The highest BCUT2D eigenvalue weighted by atomic mass is 16.5. The largest absolute Gasteiger partial charge is 0.381 e. The van der Waals surface area contributed by atoms with Crippen molar-refractivity contribution in [2.75, 3.05) is 19.8 Å². The Morgan fingerprint density at radius 2 is 2.00 bits per heavy atom. The highest BCUT2D eigenvalue weighted by molar-refractivity contribution is 4.93. The fourth-order valence-electron chi connectivity index (χ4n) is 2.76. The molecule has 0 aliphatic carbocycles. The third kappa shape index (κ3) is 2.05. The van der Waals surface area contributed by atoms with Crippen LogP contribution in [0.4, 0.5) is 0 Å². The van der Waals surface area contributed by atoms with Crippen LogP contribution in [0.25, 0.3) is 0 Å². The lowest BCUT2D eigenvalue weighted by Gasteiger charge is -2.43. The Labute approximate surface area is 81.0 Å². The smallest absolute Gasteiger partial charge is 0.0469 e. The molecule has 2 aliphatic rings. The van der Waals surface area contributed by atoms with Gasteiger partial charge in [0.15, 0.2) is 0 Å². The van der Waals surface area contributed by atoms with E-state index in [0.29, 0.717) is 5.54 Å². The lowest BCUT2D eigenvalue weighted by molar-refractivity contribution is 0.0250. The van der Waals surface area contributed by atoms with Gasteiger partial charge in [0.1, 0.15) is 0 Å². The van der Waals surface area contributed by atoms with E-state index in [1.54, 1.807) is 0 Å². The molecule has 1 N–H and O–H groups in total. The van der Waals surface area contributed by atoms with Gasteiger partial charge >= 0.3 is 0 Å². The number of nitrogens with one attached hydrogen (secondary N) is 1. The standard InChI is InChI=1S/C11H21NO/c1-11(6-2-3-7-12-11)10-4-8-13-9-5-10/h10,12H,2-9H2,1H3. The first kappa shape index (κ1) is 9.47. The van der Waals surface area contributed by atoms with Crippen molar-refractivity contribution in [3.63, 3.8) is 0 Å². The molecule has 0 aromatic carbocycles. The maximum Gasteiger partial charge on any atom is 0.0469 e. The Kier molecular flexibility index (Phi) is 2.89. The summed E-state index contributed by atoms with van der Waals surface area (Å²) in [5.41, 5.74) is 0.419. The van der Waals surface area contributed by atoms with Crippen LogP contribution in [0.15, 0.2) is 0 Å². The van der Waals surface area contributed by atoms with Gasteiger partial charge in [-0.1, -0.05) is 6.42 Å². The minimum atomic E-state index is 0.419. The molecule has 2 heterocycles. The normalized spacial score (nSPS) is 37.6. The van der Waals surface area contributed by atoms with Crippen molar-refractivity contribution in [1.29, 1.82) is 0 Å². The highest BCUT2D eigenvalue weighted by Crippen LogP contribution is 2.33. The van der Waals surface area contributed by atoms with Gasteiger partial charge in [-0.05, 0) is 45.1 Å². The van der Waals surface area contributed by atoms with Crippen molar-refractivity contribution in [2.24, 2.45) is 5.92 Å². The summed E-state index contributed by atoms with van der Waals surface area (Å²) >= 11 is 0. The predicted molar refractivity (Wildman–Crippen MR) is 53.8 cm³/mol. The molecular weight excluding hydrogens is 162 g/mol. The van der Waals surface area contributed by atoms with Gasteiger partial charge in [-0.25, -0.2) is 0 Å². The molecule has 0 radical (unpaired) electrons. The predicted octanol–water partition coefficient (Wildman–Crippen LogP) is 1.95. The second kappa shape index (κ2) is 3.97. The third-order valence-electron chi connectivity index (χ3n) is 3.77. The third-order valence-corrected chi connectivity index (χ3v) is 3.77. The zero-order valence-electron chi connectivity index (χ0n) is 8.64. The second-order valence-corrected chi connectivity index (χ2v) is 4.69. The zero-order valence-corrected chi connectivity index (χ0v) is 8.64. The van der Waals surface area contributed by atoms with E-state index in [0.717, 1.165) is 19.1 Å². The molecule has 0 aromatic rings. The van der Waals surface area contributed by atoms with E-state index in [-0.39, 0.29) is 0 Å². The first-order valence-electron chi connectivity index (χ1n) is 5.64. The van der Waals surface area contributed by atoms with Gasteiger partial charge < -0.3 is 10.1 Å². The van der Waals surface area contributed by atoms with Gasteiger partial charge in [0.25, 0.3) is 0 Å². The van der Waals surface area contributed by atoms with Gasteiger partial charge in [0.05, 0.1) is 0 Å². The summed E-state index contributed by atoms with van der Waals surface area (Å²) in [5, 5.41) is 3.71. The fraction of sp³-hybridized carbons (Fsp3) is 1.00. The van der Waals surface area contributed by atoms with E-state index in [2.05, 4.69) is 12.2 Å². The average molecular weight is 183 g/mol. The van der Waals surface area contributed by atoms with Crippen LogP contribution in [0.3, 0.4) is 0 Å². The Hall–Kier alpha value is -0.0800. The topological polar surface area (TPSA) is 21.3 Å². The van der Waals surface area contributed by atoms with Gasteiger partial charge in [0, 0.05) is 18.8 Å². The maximum atomic E-state index is 5.41. The lowest BCUT2D eigenvalue weighted by atomic mass is 9.75. The van der Waals surface area contributed by atoms with Gasteiger partial charge in [-0.15, -0.1) is 0 Å². The number of rotatable bonds is 1. The molecule has 0 amide bonds. The van der Waals surface area contributed by atoms with Crippen LogP contribution in [0, 0.1) is 5.92 Å². The van der Waals surface area contributed by atoms with Crippen molar-refractivity contribution in [3.05, 3.63) is 0 Å². The van der Waals surface area contributed by atoms with Gasteiger partial charge in [0.2, 0.25) is 0 Å². The summed E-state index contributed by atoms with van der Waals surface area (Å²) in [4.78, 5) is 0. The van der Waals surface area contributed by atoms with E-state index < -0.39 is 0 Å². The molecule has 2 aliphatic heterocycles. The average Bonchev–Trinajstić information content (AvgIpc) is 2.20. The van der Waals surface area contributed by atoms with Crippen molar-refractivity contribution in [3.8, 4) is 0 Å². The molecule has 0 saturated carbocycles. The summed E-state index contributed by atoms with van der Waals surface area (Å²) in [6.07, 6.45) is 6.63. The Morgan fingerprint density at radius 1 is 1.23 bits per heavy atom. The highest BCUT2D eigenvalue weighted by Gasteiger charge is 2.35. The first-order chi connectivity index (χ1) is 6.31. The monoisotopic (exact) mass is 183 g/mol. The van der Waals surface area contributed by atoms with Crippen molar-refractivity contribution >= 4 is 0 Å². The molecule has 2 heteroatoms. The van der Waals surface area contributed by atoms with Crippen LogP contribution in [-0.4, -0.2) is 25.3 Å². The quantitative estimate of drug-likeness (QED) is 0.671. The Bertz CT molecular complexity index is 157. The van der Waals surface area contributed by atoms with Crippen LogP contribution in [0.2, 0.25) is 0 Å². The first-order valence-corrected chi connectivity index (χ1v) is 5.64. The van der Waals surface area contributed by atoms with Crippen molar-refractivity contribution in [1.82, 2.24) is 5.32 Å². The molecule has 2 rings (SSSR count). The van der Waals surface area contributed by atoms with Crippen molar-refractivity contribution in [2.45, 2.75) is 44.6 Å². The molecule has 2 saturated heterocycles. The van der Waals surface area contributed by atoms with Gasteiger partial charge in [-0.2, -0.15) is 0 Å². The van der Waals surface area contributed by atoms with E-state index in [4.69, 9.17) is 4.74 Å². The van der Waals surface area contributed by atoms with Crippen LogP contribution >= 0.6 is 0 Å². The summed E-state index contributed by atoms with van der Waals surface area (Å²) in [6, 6.07) is 0. The SMILES string of the molecule is CC1(C2CCOCC2)CCCCN1. The number of hydrogen-bond acceptors (Lipinski definition) is 2. The summed E-state index contributed by atoms with van der Waals surface area (Å²) < 4.78 is 5.41. The molecule has 2 nitrogen and oxygen atoms in total. The van der Waals surface area contributed by atoms with E-state index in [1.807, 2.05) is 0 Å². The summed E-state index contributed by atoms with van der Waals surface area (Å²) in [6.45, 7) is 5.57. The van der Waals surface area contributed by atoms with E-state index in [1.165, 1.54) is 38.6 Å². The number of piperidine rings is 1. The molecule has 1 atom stereocenters. The Morgan fingerprint density at radius 3 is 2.62 bits per heavy atom. The van der Waals surface area contributed by atoms with Crippen molar-refractivity contribution < 1.29 is 4.74 Å². The van der Waals surface area contributed by atoms with E-state index in [9.17, 15) is 0 Å². The lowest BCUT2D eigenvalue weighted by Crippen LogP contribution is -2.52. The molecular formula is C11H21NO. The summed E-state index contributed by atoms with van der Waals surface area (Å²) in [7, 11) is 0. The molecule has 1 unspecified atom stereocenters. The van der Waals surface area contributed by atoms with Crippen LogP contribution in [0.1, 0.15) is 39.0 Å². The minimum Gasteiger partial charge on any atom is -0.381 e. The summed E-state index contributed by atoms with van der Waals surface area (Å²) in [5.74, 6) is 0.849. The second-order valence-electron chi connectivity index (χ2n) is 4.69. The van der Waals surface area contributed by atoms with E-state index >= 15 is 0 Å². The number of hydrogen-bond donors (Lipinski definition) is 1. The molecule has 13 heavy (non-hydrogen) atoms. The van der Waals surface area contributed by atoms with Crippen LogP contribution in [0.5, 0.6) is 0 Å². The minimum absolute atomic E-state index is 0.419. The molecule has 0 spiro atoms. The molecule has 76 valence electrons. The zero-order chi connectivity index (χ0) is 9.15. The molecule has 0 aromatic heterocycles. The fourth-order valence-corrected chi connectivity index (χ4v) is 2.76. The maximum absolute atomic E-state index is 5.41. The van der Waals surface area contributed by atoms with Gasteiger partial charge in [-0.3, -0.25) is 0 Å².